The van der Waals surface area contributed by atoms with Gasteiger partial charge in [0.25, 0.3) is 10.0 Å². The molecule has 0 radical (unpaired) electrons. The van der Waals surface area contributed by atoms with Gasteiger partial charge in [0.05, 0.1) is 10.5 Å². The number of nitrogens with zero attached hydrogens (tertiary/aromatic N) is 1. The molecule has 0 aliphatic rings. The van der Waals surface area contributed by atoms with Crippen molar-refractivity contribution in [3.63, 3.8) is 0 Å². The van der Waals surface area contributed by atoms with E-state index in [0.717, 1.165) is 11.3 Å². The molecule has 1 heterocycles. The van der Waals surface area contributed by atoms with E-state index in [9.17, 15) is 13.2 Å². The van der Waals surface area contributed by atoms with Crippen molar-refractivity contribution in [1.29, 1.82) is 0 Å². The number of benzene rings is 1. The van der Waals surface area contributed by atoms with Crippen LogP contribution in [0.2, 0.25) is 0 Å². The maximum absolute atomic E-state index is 12.3. The SMILES string of the molecule is Cc1cc(C)c(S(=O)(=O)Nc2nccs2)cc1C(=O)O. The number of aromatic carboxylic acids is 1. The van der Waals surface area contributed by atoms with Crippen molar-refractivity contribution in [3.05, 3.63) is 40.4 Å². The highest BCUT2D eigenvalue weighted by molar-refractivity contribution is 7.93. The van der Waals surface area contributed by atoms with Crippen LogP contribution in [0.4, 0.5) is 5.13 Å². The third kappa shape index (κ3) is 2.81. The lowest BCUT2D eigenvalue weighted by Gasteiger charge is -2.11. The Labute approximate surface area is 120 Å². The molecule has 0 saturated heterocycles. The van der Waals surface area contributed by atoms with Gasteiger partial charge in [0.15, 0.2) is 5.13 Å². The minimum atomic E-state index is -3.85. The Morgan fingerprint density at radius 2 is 2.00 bits per heavy atom. The van der Waals surface area contributed by atoms with Crippen LogP contribution in [0.15, 0.2) is 28.6 Å². The van der Waals surface area contributed by atoms with Gasteiger partial charge in [-0.05, 0) is 31.0 Å². The van der Waals surface area contributed by atoms with Gasteiger partial charge in [-0.1, -0.05) is 6.07 Å². The van der Waals surface area contributed by atoms with Crippen LogP contribution in [0, 0.1) is 13.8 Å². The van der Waals surface area contributed by atoms with Gasteiger partial charge in [0.1, 0.15) is 0 Å². The summed E-state index contributed by atoms with van der Waals surface area (Å²) in [4.78, 5) is 14.9. The predicted molar refractivity (Wildman–Crippen MR) is 75.8 cm³/mol. The largest absolute Gasteiger partial charge is 0.478 e. The summed E-state index contributed by atoms with van der Waals surface area (Å²) in [5.74, 6) is -1.16. The van der Waals surface area contributed by atoms with Gasteiger partial charge in [-0.3, -0.25) is 4.72 Å². The molecule has 0 spiro atoms. The van der Waals surface area contributed by atoms with Gasteiger partial charge >= 0.3 is 5.97 Å². The smallest absolute Gasteiger partial charge is 0.335 e. The lowest BCUT2D eigenvalue weighted by atomic mass is 10.1. The summed E-state index contributed by atoms with van der Waals surface area (Å²) >= 11 is 1.15. The molecule has 1 aromatic carbocycles. The lowest BCUT2D eigenvalue weighted by Crippen LogP contribution is -2.15. The van der Waals surface area contributed by atoms with Gasteiger partial charge in [-0.25, -0.2) is 18.2 Å². The highest BCUT2D eigenvalue weighted by Gasteiger charge is 2.21. The Kier molecular flexibility index (Phi) is 3.78. The number of hydrogen-bond acceptors (Lipinski definition) is 5. The third-order valence-electron chi connectivity index (χ3n) is 2.70. The summed E-state index contributed by atoms with van der Waals surface area (Å²) in [5, 5.41) is 11.0. The highest BCUT2D eigenvalue weighted by Crippen LogP contribution is 2.23. The molecular formula is C12H12N2O4S2. The zero-order valence-electron chi connectivity index (χ0n) is 10.7. The molecule has 0 saturated carbocycles. The molecule has 20 heavy (non-hydrogen) atoms. The van der Waals surface area contributed by atoms with Crippen LogP contribution >= 0.6 is 11.3 Å². The number of thiazole rings is 1. The molecule has 0 aliphatic heterocycles. The minimum absolute atomic E-state index is 0.0323. The molecule has 2 rings (SSSR count). The molecule has 2 aromatic rings. The molecule has 0 aliphatic carbocycles. The second kappa shape index (κ2) is 5.22. The summed E-state index contributed by atoms with van der Waals surface area (Å²) in [6.45, 7) is 3.25. The van der Waals surface area contributed by atoms with E-state index in [-0.39, 0.29) is 15.6 Å². The Morgan fingerprint density at radius 3 is 2.55 bits per heavy atom. The fourth-order valence-corrected chi connectivity index (χ4v) is 3.84. The normalized spacial score (nSPS) is 11.3. The Hall–Kier alpha value is -1.93. The van der Waals surface area contributed by atoms with Crippen molar-refractivity contribution in [3.8, 4) is 0 Å². The molecule has 0 atom stereocenters. The standard InChI is InChI=1S/C12H12N2O4S2/c1-7-5-8(2)10(6-9(7)11(15)16)20(17,18)14-12-13-3-4-19-12/h3-6H,1-2H3,(H,13,14)(H,15,16). The van der Waals surface area contributed by atoms with Crippen LogP contribution in [0.25, 0.3) is 0 Å². The van der Waals surface area contributed by atoms with Crippen LogP contribution < -0.4 is 4.72 Å². The first-order valence-corrected chi connectivity index (χ1v) is 7.94. The number of carbonyl (C=O) groups is 1. The van der Waals surface area contributed by atoms with Gasteiger partial charge in [-0.15, -0.1) is 11.3 Å². The Balaban J connectivity index is 2.51. The predicted octanol–water partition coefficient (Wildman–Crippen LogP) is 2.26. The van der Waals surface area contributed by atoms with Crippen molar-refractivity contribution in [1.82, 2.24) is 4.98 Å². The number of rotatable bonds is 4. The lowest BCUT2D eigenvalue weighted by molar-refractivity contribution is 0.0696. The van der Waals surface area contributed by atoms with E-state index >= 15 is 0 Å². The zero-order chi connectivity index (χ0) is 14.9. The van der Waals surface area contributed by atoms with Crippen molar-refractivity contribution in [2.75, 3.05) is 4.72 Å². The van der Waals surface area contributed by atoms with Crippen LogP contribution in [-0.2, 0) is 10.0 Å². The van der Waals surface area contributed by atoms with E-state index in [1.165, 1.54) is 12.3 Å². The van der Waals surface area contributed by atoms with Crippen LogP contribution in [-0.4, -0.2) is 24.5 Å². The van der Waals surface area contributed by atoms with Gasteiger partial charge in [0.2, 0.25) is 0 Å². The number of carboxylic acids is 1. The molecule has 0 bridgehead atoms. The summed E-state index contributed by atoms with van der Waals surface area (Å²) < 4.78 is 26.9. The molecule has 0 fully saturated rings. The van der Waals surface area contributed by atoms with E-state index in [2.05, 4.69) is 9.71 Å². The van der Waals surface area contributed by atoms with Crippen molar-refractivity contribution < 1.29 is 18.3 Å². The molecule has 6 nitrogen and oxygen atoms in total. The van der Waals surface area contributed by atoms with Crippen molar-refractivity contribution in [2.24, 2.45) is 0 Å². The van der Waals surface area contributed by atoms with E-state index in [0.29, 0.717) is 11.1 Å². The molecule has 0 amide bonds. The number of sulfonamides is 1. The van der Waals surface area contributed by atoms with Crippen molar-refractivity contribution >= 4 is 32.5 Å². The minimum Gasteiger partial charge on any atom is -0.478 e. The van der Waals surface area contributed by atoms with Gasteiger partial charge in [-0.2, -0.15) is 0 Å². The van der Waals surface area contributed by atoms with Crippen molar-refractivity contribution in [2.45, 2.75) is 18.7 Å². The molecular weight excluding hydrogens is 300 g/mol. The molecule has 8 heteroatoms. The topological polar surface area (TPSA) is 96.4 Å². The van der Waals surface area contributed by atoms with Crippen LogP contribution in [0.3, 0.4) is 0 Å². The van der Waals surface area contributed by atoms with E-state index in [1.807, 2.05) is 0 Å². The molecule has 106 valence electrons. The second-order valence-corrected chi connectivity index (χ2v) is 6.73. The number of hydrogen-bond donors (Lipinski definition) is 2. The summed E-state index contributed by atoms with van der Waals surface area (Å²) in [7, 11) is -3.85. The Bertz CT molecular complexity index is 752. The van der Waals surface area contributed by atoms with Gasteiger partial charge in [0, 0.05) is 11.6 Å². The quantitative estimate of drug-likeness (QED) is 0.902. The first-order valence-electron chi connectivity index (χ1n) is 5.58. The molecule has 2 N–H and O–H groups in total. The number of carboxylic acid groups (broad SMARTS) is 1. The highest BCUT2D eigenvalue weighted by atomic mass is 32.2. The van der Waals surface area contributed by atoms with Crippen LogP contribution in [0.5, 0.6) is 0 Å². The first kappa shape index (κ1) is 14.5. The first-order chi connectivity index (χ1) is 9.31. The summed E-state index contributed by atoms with van der Waals surface area (Å²) in [6, 6.07) is 2.71. The number of nitrogens with one attached hydrogen (secondary N) is 1. The number of anilines is 1. The average Bonchev–Trinajstić information content (AvgIpc) is 2.79. The maximum atomic E-state index is 12.3. The molecule has 0 unspecified atom stereocenters. The fraction of sp³-hybridized carbons (Fsp3) is 0.167. The van der Waals surface area contributed by atoms with Crippen LogP contribution in [0.1, 0.15) is 21.5 Å². The number of aryl methyl sites for hydroxylation is 2. The average molecular weight is 312 g/mol. The second-order valence-electron chi connectivity index (χ2n) is 4.18. The Morgan fingerprint density at radius 1 is 1.30 bits per heavy atom. The summed E-state index contributed by atoms with van der Waals surface area (Å²) in [5.41, 5.74) is 0.967. The van der Waals surface area contributed by atoms with Gasteiger partial charge < -0.3 is 5.11 Å². The zero-order valence-corrected chi connectivity index (χ0v) is 12.4. The maximum Gasteiger partial charge on any atom is 0.335 e. The fourth-order valence-electron chi connectivity index (χ4n) is 1.80. The van der Waals surface area contributed by atoms with E-state index in [4.69, 9.17) is 5.11 Å². The number of aromatic nitrogens is 1. The third-order valence-corrected chi connectivity index (χ3v) is 4.99. The molecule has 1 aromatic heterocycles. The monoisotopic (exact) mass is 312 g/mol. The summed E-state index contributed by atoms with van der Waals surface area (Å²) in [6.07, 6.45) is 1.48. The van der Waals surface area contributed by atoms with E-state index in [1.54, 1.807) is 25.3 Å². The van der Waals surface area contributed by atoms with E-state index < -0.39 is 16.0 Å².